The third kappa shape index (κ3) is 3.15. The van der Waals surface area contributed by atoms with Crippen molar-refractivity contribution in [3.8, 4) is 22.6 Å². The predicted molar refractivity (Wildman–Crippen MR) is 134 cm³/mol. The number of rotatable bonds is 2. The first-order chi connectivity index (χ1) is 18.1. The highest BCUT2D eigenvalue weighted by Gasteiger charge is 2.50. The molecule has 2 aromatic heterocycles. The van der Waals surface area contributed by atoms with Gasteiger partial charge < -0.3 is 15.2 Å². The van der Waals surface area contributed by atoms with E-state index in [1.807, 2.05) is 36.4 Å². The number of nitrogens with two attached hydrogens (primary N) is 1. The van der Waals surface area contributed by atoms with E-state index in [0.29, 0.717) is 59.2 Å². The van der Waals surface area contributed by atoms with E-state index in [1.165, 1.54) is 6.20 Å². The molecule has 2 aromatic carbocycles. The van der Waals surface area contributed by atoms with Crippen LogP contribution in [0.1, 0.15) is 34.4 Å². The minimum atomic E-state index is -1.22. The number of aromatic nitrogens is 2. The molecule has 1 spiro atoms. The molecule has 0 saturated carbocycles. The molecule has 8 heteroatoms. The quantitative estimate of drug-likeness (QED) is 0.380. The Kier molecular flexibility index (Phi) is 4.74. The topological polar surface area (TPSA) is 82.6 Å². The second-order valence-corrected chi connectivity index (χ2v) is 9.15. The largest absolute Gasteiger partial charge is 0.452 e. The fourth-order valence-corrected chi connectivity index (χ4v) is 5.43. The van der Waals surface area contributed by atoms with Crippen LogP contribution in [0.2, 0.25) is 0 Å². The van der Waals surface area contributed by atoms with Gasteiger partial charge in [0, 0.05) is 28.5 Å². The van der Waals surface area contributed by atoms with Crippen LogP contribution >= 0.6 is 0 Å². The zero-order valence-electron chi connectivity index (χ0n) is 19.5. The Morgan fingerprint density at radius 2 is 1.76 bits per heavy atom. The third-order valence-electron chi connectivity index (χ3n) is 7.09. The van der Waals surface area contributed by atoms with Gasteiger partial charge in [-0.05, 0) is 53.5 Å². The summed E-state index contributed by atoms with van der Waals surface area (Å²) in [5.74, 6) is -0.634. The van der Waals surface area contributed by atoms with E-state index in [4.69, 9.17) is 20.2 Å². The molecule has 3 aliphatic heterocycles. The van der Waals surface area contributed by atoms with Crippen molar-refractivity contribution in [3.63, 3.8) is 0 Å². The van der Waals surface area contributed by atoms with Crippen LogP contribution in [0.3, 0.4) is 0 Å². The van der Waals surface area contributed by atoms with Crippen LogP contribution in [0, 0.1) is 11.9 Å². The predicted octanol–water partition coefficient (Wildman–Crippen LogP) is 5.34. The summed E-state index contributed by atoms with van der Waals surface area (Å²) in [4.78, 5) is 13.0. The summed E-state index contributed by atoms with van der Waals surface area (Å²) in [5.41, 5.74) is 10.0. The monoisotopic (exact) mass is 494 g/mol. The molecule has 0 aliphatic carbocycles. The zero-order chi connectivity index (χ0) is 25.1. The van der Waals surface area contributed by atoms with Crippen molar-refractivity contribution in [2.45, 2.75) is 12.0 Å². The Balaban J connectivity index is 1.54. The minimum Gasteiger partial charge on any atom is -0.452 e. The molecule has 5 heterocycles. The van der Waals surface area contributed by atoms with Crippen LogP contribution < -0.4 is 10.5 Å². The van der Waals surface area contributed by atoms with Crippen LogP contribution in [0.4, 0.5) is 8.78 Å². The van der Waals surface area contributed by atoms with Gasteiger partial charge in [-0.2, -0.15) is 8.78 Å². The lowest BCUT2D eigenvalue weighted by atomic mass is 9.74. The normalized spacial score (nSPS) is 19.4. The van der Waals surface area contributed by atoms with Gasteiger partial charge in [0.05, 0.1) is 18.9 Å². The average molecular weight is 495 g/mol. The molecular formula is C29H20F2N4O2. The SMILES string of the molecule is NC1=N[C@]2(c3cc(-c4cccnc4F)ccc3Oc3c2cc(C2=CCCOC2)nc3F)c2ccccc21. The molecule has 4 aromatic rings. The van der Waals surface area contributed by atoms with Gasteiger partial charge in [0.25, 0.3) is 5.95 Å². The Hall–Kier alpha value is -4.43. The van der Waals surface area contributed by atoms with Crippen molar-refractivity contribution in [2.75, 3.05) is 13.2 Å². The van der Waals surface area contributed by atoms with E-state index in [1.54, 1.807) is 30.3 Å². The number of ether oxygens (including phenoxy) is 2. The molecule has 1 atom stereocenters. The number of pyridine rings is 2. The van der Waals surface area contributed by atoms with Crippen molar-refractivity contribution >= 4 is 11.4 Å². The summed E-state index contributed by atoms with van der Waals surface area (Å²) in [5, 5.41) is 0. The molecule has 0 fully saturated rings. The smallest absolute Gasteiger partial charge is 0.256 e. The van der Waals surface area contributed by atoms with Gasteiger partial charge in [-0.25, -0.2) is 15.0 Å². The molecule has 0 unspecified atom stereocenters. The van der Waals surface area contributed by atoms with Crippen LogP contribution in [-0.2, 0) is 10.3 Å². The first-order valence-corrected chi connectivity index (χ1v) is 11.9. The van der Waals surface area contributed by atoms with E-state index in [-0.39, 0.29) is 5.75 Å². The van der Waals surface area contributed by atoms with Crippen molar-refractivity contribution in [3.05, 3.63) is 113 Å². The van der Waals surface area contributed by atoms with Gasteiger partial charge in [0.2, 0.25) is 5.95 Å². The Morgan fingerprint density at radius 1 is 0.892 bits per heavy atom. The average Bonchev–Trinajstić information content (AvgIpc) is 3.23. The summed E-state index contributed by atoms with van der Waals surface area (Å²) in [6.07, 6.45) is 4.12. The highest BCUT2D eigenvalue weighted by atomic mass is 19.1. The molecule has 37 heavy (non-hydrogen) atoms. The van der Waals surface area contributed by atoms with Gasteiger partial charge in [-0.15, -0.1) is 0 Å². The molecule has 6 nitrogen and oxygen atoms in total. The maximum Gasteiger partial charge on any atom is 0.256 e. The molecule has 3 aliphatic rings. The zero-order valence-corrected chi connectivity index (χ0v) is 19.5. The summed E-state index contributed by atoms with van der Waals surface area (Å²) in [7, 11) is 0. The van der Waals surface area contributed by atoms with E-state index in [9.17, 15) is 4.39 Å². The number of halogens is 2. The molecule has 0 amide bonds. The number of amidine groups is 1. The van der Waals surface area contributed by atoms with Crippen molar-refractivity contribution in [1.29, 1.82) is 0 Å². The van der Waals surface area contributed by atoms with Crippen molar-refractivity contribution in [1.82, 2.24) is 9.97 Å². The second-order valence-electron chi connectivity index (χ2n) is 9.15. The number of nitrogens with zero attached hydrogens (tertiary/aromatic N) is 3. The summed E-state index contributed by atoms with van der Waals surface area (Å²) in [6, 6.07) is 18.0. The maximum atomic E-state index is 15.6. The molecule has 182 valence electrons. The van der Waals surface area contributed by atoms with E-state index < -0.39 is 17.4 Å². The maximum absolute atomic E-state index is 15.6. The minimum absolute atomic E-state index is 0.0119. The van der Waals surface area contributed by atoms with Crippen molar-refractivity contribution < 1.29 is 18.3 Å². The lowest BCUT2D eigenvalue weighted by Crippen LogP contribution is -2.30. The fourth-order valence-electron chi connectivity index (χ4n) is 5.43. The number of fused-ring (bicyclic) bond motifs is 6. The van der Waals surface area contributed by atoms with Gasteiger partial charge in [-0.1, -0.05) is 36.4 Å². The highest BCUT2D eigenvalue weighted by Crippen LogP contribution is 2.56. The number of hydrogen-bond donors (Lipinski definition) is 1. The first kappa shape index (κ1) is 21.8. The summed E-state index contributed by atoms with van der Waals surface area (Å²) in [6.45, 7) is 0.946. The van der Waals surface area contributed by atoms with E-state index in [2.05, 4.69) is 9.97 Å². The number of hydrogen-bond acceptors (Lipinski definition) is 6. The molecule has 0 bridgehead atoms. The lowest BCUT2D eigenvalue weighted by Gasteiger charge is -2.36. The van der Waals surface area contributed by atoms with Gasteiger partial charge in [0.15, 0.2) is 5.75 Å². The van der Waals surface area contributed by atoms with E-state index >= 15 is 4.39 Å². The summed E-state index contributed by atoms with van der Waals surface area (Å²) >= 11 is 0. The van der Waals surface area contributed by atoms with Crippen LogP contribution in [-0.4, -0.2) is 29.0 Å². The molecule has 2 N–H and O–H groups in total. The number of aliphatic imine (C=N–C) groups is 1. The fraction of sp³-hybridized carbons (Fsp3) is 0.138. The Labute approximate surface area is 211 Å². The first-order valence-electron chi connectivity index (χ1n) is 11.9. The van der Waals surface area contributed by atoms with Gasteiger partial charge in [0.1, 0.15) is 17.1 Å². The molecule has 0 saturated heterocycles. The van der Waals surface area contributed by atoms with Crippen LogP contribution in [0.25, 0.3) is 16.7 Å². The number of benzene rings is 2. The van der Waals surface area contributed by atoms with Crippen LogP contribution in [0.15, 0.2) is 77.9 Å². The third-order valence-corrected chi connectivity index (χ3v) is 7.09. The lowest BCUT2D eigenvalue weighted by molar-refractivity contribution is 0.164. The van der Waals surface area contributed by atoms with Gasteiger partial charge in [-0.3, -0.25) is 0 Å². The molecule has 7 rings (SSSR count). The molecular weight excluding hydrogens is 474 g/mol. The van der Waals surface area contributed by atoms with Crippen LogP contribution in [0.5, 0.6) is 11.5 Å². The second kappa shape index (κ2) is 8.04. The summed E-state index contributed by atoms with van der Waals surface area (Å²) < 4.78 is 42.0. The Morgan fingerprint density at radius 3 is 2.59 bits per heavy atom. The van der Waals surface area contributed by atoms with Crippen molar-refractivity contribution in [2.24, 2.45) is 10.7 Å². The standard InChI is InChI=1S/C29H20F2N4O2/c30-26-18(7-3-11-33-26)16-9-10-24-21(13-16)29(20-8-2-1-6-19(20)28(32)35-29)22-14-23(17-5-4-12-36-15-17)34-27(31)25(22)37-24/h1-3,5-11,13-14H,4,12,15H2,(H2,32,35)/t29-/m0/s1. The van der Waals surface area contributed by atoms with E-state index in [0.717, 1.165) is 16.7 Å². The van der Waals surface area contributed by atoms with Gasteiger partial charge >= 0.3 is 0 Å². The highest BCUT2D eigenvalue weighted by molar-refractivity contribution is 6.03. The molecule has 0 radical (unpaired) electrons. The Bertz CT molecular complexity index is 1670.